The van der Waals surface area contributed by atoms with E-state index in [-0.39, 0.29) is 23.0 Å². The van der Waals surface area contributed by atoms with Crippen molar-refractivity contribution in [3.63, 3.8) is 0 Å². The Hall–Kier alpha value is -4.64. The van der Waals surface area contributed by atoms with E-state index in [9.17, 15) is 14.7 Å². The Kier molecular flexibility index (Phi) is 6.04. The lowest BCUT2D eigenvalue weighted by molar-refractivity contribution is 0.102. The Morgan fingerprint density at radius 2 is 1.85 bits per heavy atom. The number of nitrogens with one attached hydrogen (secondary N) is 2. The average molecular weight is 439 g/mol. The molecule has 2 amide bonds. The number of terminal acetylenes is 1. The molecule has 1 aromatic heterocycles. The summed E-state index contributed by atoms with van der Waals surface area (Å²) in [6, 6.07) is 14.7. The van der Waals surface area contributed by atoms with Gasteiger partial charge in [-0.05, 0) is 42.5 Å². The number of carbonyl (C=O) groups excluding carboxylic acids is 2. The molecule has 2 aromatic carbocycles. The van der Waals surface area contributed by atoms with Crippen molar-refractivity contribution < 1.29 is 14.7 Å². The number of amides is 2. The van der Waals surface area contributed by atoms with Crippen LogP contribution in [0, 0.1) is 12.3 Å². The second-order valence-corrected chi connectivity index (χ2v) is 7.42. The molecule has 1 aliphatic heterocycles. The lowest BCUT2D eigenvalue weighted by Crippen LogP contribution is -2.23. The van der Waals surface area contributed by atoms with Gasteiger partial charge in [-0.3, -0.25) is 14.6 Å². The molecule has 3 N–H and O–H groups in total. The van der Waals surface area contributed by atoms with E-state index in [0.29, 0.717) is 16.8 Å². The van der Waals surface area contributed by atoms with Crippen LogP contribution in [0.3, 0.4) is 0 Å². The van der Waals surface area contributed by atoms with Crippen LogP contribution in [0.25, 0.3) is 0 Å². The van der Waals surface area contributed by atoms with E-state index < -0.39 is 5.91 Å². The average Bonchev–Trinajstić information content (AvgIpc) is 3.26. The molecule has 0 spiro atoms. The number of hydrogen-bond donors (Lipinski definition) is 3. The number of nitrogens with zero attached hydrogens (tertiary/aromatic N) is 3. The van der Waals surface area contributed by atoms with Crippen LogP contribution in [0.1, 0.15) is 31.8 Å². The Bertz CT molecular complexity index is 1270. The number of aliphatic imine (C=N–C) groups is 1. The van der Waals surface area contributed by atoms with Crippen molar-refractivity contribution >= 4 is 29.2 Å². The summed E-state index contributed by atoms with van der Waals surface area (Å²) in [6.45, 7) is 1.63. The predicted molar refractivity (Wildman–Crippen MR) is 127 cm³/mol. The first kappa shape index (κ1) is 21.6. The van der Waals surface area contributed by atoms with Gasteiger partial charge in [-0.2, -0.15) is 0 Å². The summed E-state index contributed by atoms with van der Waals surface area (Å²) >= 11 is 0. The SMILES string of the molecule is C#Cc1ccc(NC(=O)c2ccc(C3=NCCN3C)cc2)c(C(=O)Nc2ccc(O)cn2)c1. The summed E-state index contributed by atoms with van der Waals surface area (Å²) in [5.41, 5.74) is 2.35. The van der Waals surface area contributed by atoms with Gasteiger partial charge in [0, 0.05) is 30.3 Å². The van der Waals surface area contributed by atoms with Gasteiger partial charge in [-0.15, -0.1) is 6.42 Å². The van der Waals surface area contributed by atoms with Crippen molar-refractivity contribution in [2.45, 2.75) is 0 Å². The summed E-state index contributed by atoms with van der Waals surface area (Å²) in [5, 5.41) is 14.8. The quantitative estimate of drug-likeness (QED) is 0.530. The highest BCUT2D eigenvalue weighted by Gasteiger charge is 2.18. The zero-order valence-electron chi connectivity index (χ0n) is 17.9. The molecule has 2 heterocycles. The number of aromatic nitrogens is 1. The number of amidine groups is 1. The molecule has 0 atom stereocenters. The zero-order chi connectivity index (χ0) is 23.4. The molecular weight excluding hydrogens is 418 g/mol. The molecule has 0 fully saturated rings. The van der Waals surface area contributed by atoms with Crippen LogP contribution in [0.5, 0.6) is 5.75 Å². The van der Waals surface area contributed by atoms with E-state index in [2.05, 4.69) is 31.4 Å². The van der Waals surface area contributed by atoms with Gasteiger partial charge < -0.3 is 20.6 Å². The van der Waals surface area contributed by atoms with Crippen LogP contribution in [0.15, 0.2) is 65.8 Å². The van der Waals surface area contributed by atoms with E-state index in [1.54, 1.807) is 24.3 Å². The monoisotopic (exact) mass is 439 g/mol. The fraction of sp³-hybridized carbons (Fsp3) is 0.120. The van der Waals surface area contributed by atoms with Crippen LogP contribution in [0.2, 0.25) is 0 Å². The maximum Gasteiger partial charge on any atom is 0.258 e. The van der Waals surface area contributed by atoms with E-state index in [1.807, 2.05) is 19.2 Å². The molecule has 0 saturated carbocycles. The van der Waals surface area contributed by atoms with Crippen molar-refractivity contribution in [1.29, 1.82) is 0 Å². The van der Waals surface area contributed by atoms with Crippen molar-refractivity contribution in [3.8, 4) is 18.1 Å². The molecule has 4 rings (SSSR count). The van der Waals surface area contributed by atoms with Gasteiger partial charge >= 0.3 is 0 Å². The van der Waals surface area contributed by atoms with Gasteiger partial charge in [-0.1, -0.05) is 18.1 Å². The molecule has 33 heavy (non-hydrogen) atoms. The topological polar surface area (TPSA) is 107 Å². The summed E-state index contributed by atoms with van der Waals surface area (Å²) < 4.78 is 0. The highest BCUT2D eigenvalue weighted by molar-refractivity contribution is 6.12. The van der Waals surface area contributed by atoms with Crippen molar-refractivity contribution in [1.82, 2.24) is 9.88 Å². The van der Waals surface area contributed by atoms with Gasteiger partial charge in [0.1, 0.15) is 17.4 Å². The number of benzene rings is 2. The molecule has 0 radical (unpaired) electrons. The molecule has 8 nitrogen and oxygen atoms in total. The number of hydrogen-bond acceptors (Lipinski definition) is 6. The highest BCUT2D eigenvalue weighted by Crippen LogP contribution is 2.21. The second kappa shape index (κ2) is 9.24. The normalized spacial score (nSPS) is 12.6. The van der Waals surface area contributed by atoms with Crippen molar-refractivity contribution in [2.24, 2.45) is 4.99 Å². The number of carbonyl (C=O) groups is 2. The largest absolute Gasteiger partial charge is 0.506 e. The Balaban J connectivity index is 1.54. The summed E-state index contributed by atoms with van der Waals surface area (Å²) in [4.78, 5) is 36.2. The molecular formula is C25H21N5O3. The van der Waals surface area contributed by atoms with Gasteiger partial charge in [0.15, 0.2) is 0 Å². The Morgan fingerprint density at radius 1 is 1.06 bits per heavy atom. The standard InChI is InChI=1S/C25H21N5O3/c1-3-16-4-10-21(20(14-16)25(33)29-22-11-9-19(31)15-27-22)28-24(32)18-7-5-17(6-8-18)23-26-12-13-30(23)2/h1,4-11,14-15,31H,12-13H2,2H3,(H,28,32)(H,27,29,33). The predicted octanol–water partition coefficient (Wildman–Crippen LogP) is 2.97. The lowest BCUT2D eigenvalue weighted by atomic mass is 10.1. The highest BCUT2D eigenvalue weighted by atomic mass is 16.3. The fourth-order valence-electron chi connectivity index (χ4n) is 3.38. The summed E-state index contributed by atoms with van der Waals surface area (Å²) in [7, 11) is 1.98. The van der Waals surface area contributed by atoms with Gasteiger partial charge in [0.25, 0.3) is 11.8 Å². The fourth-order valence-corrected chi connectivity index (χ4v) is 3.38. The van der Waals surface area contributed by atoms with Gasteiger partial charge in [0.2, 0.25) is 0 Å². The minimum absolute atomic E-state index is 0.0204. The van der Waals surface area contributed by atoms with Crippen molar-refractivity contribution in [2.75, 3.05) is 30.8 Å². The second-order valence-electron chi connectivity index (χ2n) is 7.42. The van der Waals surface area contributed by atoms with Crippen LogP contribution in [0.4, 0.5) is 11.5 Å². The molecule has 0 aliphatic carbocycles. The maximum absolute atomic E-state index is 12.9. The molecule has 164 valence electrons. The third-order valence-corrected chi connectivity index (χ3v) is 5.13. The Morgan fingerprint density at radius 3 is 2.48 bits per heavy atom. The van der Waals surface area contributed by atoms with Crippen LogP contribution < -0.4 is 10.6 Å². The first-order chi connectivity index (χ1) is 15.9. The zero-order valence-corrected chi connectivity index (χ0v) is 17.9. The third kappa shape index (κ3) is 4.83. The number of rotatable bonds is 5. The minimum Gasteiger partial charge on any atom is -0.506 e. The molecule has 0 unspecified atom stereocenters. The number of aromatic hydroxyl groups is 1. The van der Waals surface area contributed by atoms with E-state index in [1.165, 1.54) is 24.4 Å². The molecule has 0 saturated heterocycles. The number of likely N-dealkylation sites (N-methyl/N-ethyl adjacent to an activating group) is 1. The van der Waals surface area contributed by atoms with Gasteiger partial charge in [0.05, 0.1) is 24.0 Å². The lowest BCUT2D eigenvalue weighted by Gasteiger charge is -2.14. The minimum atomic E-state index is -0.502. The first-order valence-corrected chi connectivity index (χ1v) is 10.2. The van der Waals surface area contributed by atoms with Crippen LogP contribution >= 0.6 is 0 Å². The first-order valence-electron chi connectivity index (χ1n) is 10.2. The summed E-state index contributed by atoms with van der Waals surface area (Å²) in [5.74, 6) is 2.74. The summed E-state index contributed by atoms with van der Waals surface area (Å²) in [6.07, 6.45) is 6.70. The number of anilines is 2. The van der Waals surface area contributed by atoms with E-state index in [4.69, 9.17) is 6.42 Å². The smallest absolute Gasteiger partial charge is 0.258 e. The molecule has 1 aliphatic rings. The molecule has 8 heteroatoms. The van der Waals surface area contributed by atoms with E-state index >= 15 is 0 Å². The van der Waals surface area contributed by atoms with Crippen LogP contribution in [-0.4, -0.2) is 52.8 Å². The molecule has 3 aromatic rings. The van der Waals surface area contributed by atoms with Crippen LogP contribution in [-0.2, 0) is 0 Å². The molecule has 0 bridgehead atoms. The van der Waals surface area contributed by atoms with Gasteiger partial charge in [-0.25, -0.2) is 4.98 Å². The van der Waals surface area contributed by atoms with Crippen molar-refractivity contribution in [3.05, 3.63) is 83.0 Å². The number of pyridine rings is 1. The maximum atomic E-state index is 12.9. The third-order valence-electron chi connectivity index (χ3n) is 5.13. The Labute approximate surface area is 191 Å². The van der Waals surface area contributed by atoms with E-state index in [0.717, 1.165) is 24.5 Å².